The predicted molar refractivity (Wildman–Crippen MR) is 52.1 cm³/mol. The highest BCUT2D eigenvalue weighted by Gasteiger charge is 2.22. The summed E-state index contributed by atoms with van der Waals surface area (Å²) in [4.78, 5) is 11.4. The van der Waals surface area contributed by atoms with Crippen molar-refractivity contribution >= 4 is 5.91 Å². The summed E-state index contributed by atoms with van der Waals surface area (Å²) in [5, 5.41) is 5.93. The van der Waals surface area contributed by atoms with E-state index in [1.54, 1.807) is 7.11 Å². The second-order valence-electron chi connectivity index (χ2n) is 3.41. The molecule has 82 valence electrons. The van der Waals surface area contributed by atoms with E-state index in [2.05, 4.69) is 10.6 Å². The van der Waals surface area contributed by atoms with Gasteiger partial charge in [0.15, 0.2) is 0 Å². The van der Waals surface area contributed by atoms with Gasteiger partial charge in [-0.2, -0.15) is 0 Å². The molecule has 1 amide bonds. The van der Waals surface area contributed by atoms with E-state index < -0.39 is 0 Å². The molecule has 0 saturated carbocycles. The molecular weight excluding hydrogens is 184 g/mol. The van der Waals surface area contributed by atoms with Crippen molar-refractivity contribution in [2.75, 3.05) is 33.5 Å². The van der Waals surface area contributed by atoms with Crippen LogP contribution in [-0.2, 0) is 14.3 Å². The first kappa shape index (κ1) is 11.4. The van der Waals surface area contributed by atoms with Crippen molar-refractivity contribution in [2.45, 2.75) is 19.0 Å². The van der Waals surface area contributed by atoms with Gasteiger partial charge in [-0.25, -0.2) is 0 Å². The zero-order valence-corrected chi connectivity index (χ0v) is 8.71. The number of rotatable bonds is 6. The van der Waals surface area contributed by atoms with E-state index in [9.17, 15) is 4.79 Å². The number of hydrogen-bond donors (Lipinski definition) is 2. The van der Waals surface area contributed by atoms with E-state index in [1.165, 1.54) is 0 Å². The SMILES string of the molecule is COCCNC(=O)C(C)NC1COC1. The van der Waals surface area contributed by atoms with E-state index in [0.29, 0.717) is 32.4 Å². The Bertz CT molecular complexity index is 183. The molecule has 1 fully saturated rings. The number of hydrogen-bond acceptors (Lipinski definition) is 4. The van der Waals surface area contributed by atoms with E-state index in [4.69, 9.17) is 9.47 Å². The summed E-state index contributed by atoms with van der Waals surface area (Å²) in [6.45, 7) is 4.36. The van der Waals surface area contributed by atoms with Gasteiger partial charge in [0.2, 0.25) is 5.91 Å². The van der Waals surface area contributed by atoms with Gasteiger partial charge in [-0.3, -0.25) is 10.1 Å². The van der Waals surface area contributed by atoms with Gasteiger partial charge >= 0.3 is 0 Å². The molecule has 0 aromatic heterocycles. The van der Waals surface area contributed by atoms with E-state index >= 15 is 0 Å². The fourth-order valence-corrected chi connectivity index (χ4v) is 1.19. The van der Waals surface area contributed by atoms with Gasteiger partial charge in [-0.15, -0.1) is 0 Å². The van der Waals surface area contributed by atoms with Crippen molar-refractivity contribution in [1.82, 2.24) is 10.6 Å². The van der Waals surface area contributed by atoms with Crippen LogP contribution in [0.3, 0.4) is 0 Å². The fraction of sp³-hybridized carbons (Fsp3) is 0.889. The van der Waals surface area contributed by atoms with Gasteiger partial charge in [-0.1, -0.05) is 0 Å². The fourth-order valence-electron chi connectivity index (χ4n) is 1.19. The van der Waals surface area contributed by atoms with Crippen LogP contribution in [0.4, 0.5) is 0 Å². The lowest BCUT2D eigenvalue weighted by Crippen LogP contribution is -2.54. The Morgan fingerprint density at radius 1 is 1.64 bits per heavy atom. The van der Waals surface area contributed by atoms with Crippen LogP contribution in [0.2, 0.25) is 0 Å². The number of amides is 1. The van der Waals surface area contributed by atoms with E-state index in [-0.39, 0.29) is 11.9 Å². The highest BCUT2D eigenvalue weighted by atomic mass is 16.5. The number of methoxy groups -OCH3 is 1. The summed E-state index contributed by atoms with van der Waals surface area (Å²) in [6, 6.07) is 0.166. The van der Waals surface area contributed by atoms with Crippen molar-refractivity contribution in [2.24, 2.45) is 0 Å². The van der Waals surface area contributed by atoms with Crippen LogP contribution in [0.5, 0.6) is 0 Å². The second kappa shape index (κ2) is 5.95. The maximum absolute atomic E-state index is 11.4. The molecule has 14 heavy (non-hydrogen) atoms. The van der Waals surface area contributed by atoms with Crippen LogP contribution in [0.15, 0.2) is 0 Å². The van der Waals surface area contributed by atoms with Crippen LogP contribution in [0.1, 0.15) is 6.92 Å². The Hall–Kier alpha value is -0.650. The average Bonchev–Trinajstić information content (AvgIpc) is 2.11. The lowest BCUT2D eigenvalue weighted by molar-refractivity contribution is -0.124. The third-order valence-corrected chi connectivity index (χ3v) is 2.12. The Morgan fingerprint density at radius 3 is 2.86 bits per heavy atom. The smallest absolute Gasteiger partial charge is 0.236 e. The van der Waals surface area contributed by atoms with Crippen LogP contribution < -0.4 is 10.6 Å². The first-order valence-corrected chi connectivity index (χ1v) is 4.84. The monoisotopic (exact) mass is 202 g/mol. The normalized spacial score (nSPS) is 18.7. The predicted octanol–water partition coefficient (Wildman–Crippen LogP) is -0.874. The molecule has 0 aromatic rings. The topological polar surface area (TPSA) is 59.6 Å². The zero-order chi connectivity index (χ0) is 10.4. The minimum absolute atomic E-state index is 0.00829. The Balaban J connectivity index is 2.08. The van der Waals surface area contributed by atoms with Gasteiger partial charge in [0.1, 0.15) is 0 Å². The molecule has 1 saturated heterocycles. The third-order valence-electron chi connectivity index (χ3n) is 2.12. The van der Waals surface area contributed by atoms with Crippen LogP contribution in [0, 0.1) is 0 Å². The van der Waals surface area contributed by atoms with Crippen LogP contribution >= 0.6 is 0 Å². The van der Waals surface area contributed by atoms with Gasteiger partial charge in [0.25, 0.3) is 0 Å². The summed E-state index contributed by atoms with van der Waals surface area (Å²) >= 11 is 0. The van der Waals surface area contributed by atoms with Crippen molar-refractivity contribution < 1.29 is 14.3 Å². The highest BCUT2D eigenvalue weighted by Crippen LogP contribution is 2.00. The molecule has 1 heterocycles. The lowest BCUT2D eigenvalue weighted by Gasteiger charge is -2.29. The number of carbonyl (C=O) groups excluding carboxylic acids is 1. The number of ether oxygens (including phenoxy) is 2. The molecule has 0 radical (unpaired) electrons. The molecule has 5 nitrogen and oxygen atoms in total. The standard InChI is InChI=1S/C9H18N2O3/c1-7(11-8-5-14-6-8)9(12)10-3-4-13-2/h7-8,11H,3-6H2,1-2H3,(H,10,12). The Morgan fingerprint density at radius 2 is 2.36 bits per heavy atom. The van der Waals surface area contributed by atoms with Crippen molar-refractivity contribution in [3.8, 4) is 0 Å². The molecule has 1 unspecified atom stereocenters. The van der Waals surface area contributed by atoms with Crippen LogP contribution in [0.25, 0.3) is 0 Å². The molecule has 0 aliphatic carbocycles. The summed E-state index contributed by atoms with van der Waals surface area (Å²) in [5.74, 6) is 0.00829. The maximum Gasteiger partial charge on any atom is 0.236 e. The van der Waals surface area contributed by atoms with Gasteiger partial charge in [0, 0.05) is 13.7 Å². The minimum Gasteiger partial charge on any atom is -0.383 e. The Kier molecular flexibility index (Phi) is 4.86. The highest BCUT2D eigenvalue weighted by molar-refractivity contribution is 5.81. The summed E-state index contributed by atoms with van der Waals surface area (Å²) in [7, 11) is 1.61. The molecule has 1 atom stereocenters. The number of carbonyl (C=O) groups is 1. The number of nitrogens with one attached hydrogen (secondary N) is 2. The summed E-state index contributed by atoms with van der Waals surface area (Å²) < 4.78 is 9.83. The largest absolute Gasteiger partial charge is 0.383 e. The van der Waals surface area contributed by atoms with Crippen molar-refractivity contribution in [1.29, 1.82) is 0 Å². The van der Waals surface area contributed by atoms with Crippen molar-refractivity contribution in [3.63, 3.8) is 0 Å². The summed E-state index contributed by atoms with van der Waals surface area (Å²) in [5.41, 5.74) is 0. The van der Waals surface area contributed by atoms with Crippen LogP contribution in [-0.4, -0.2) is 51.5 Å². The molecule has 2 N–H and O–H groups in total. The second-order valence-corrected chi connectivity index (χ2v) is 3.41. The molecule has 0 spiro atoms. The molecular formula is C9H18N2O3. The van der Waals surface area contributed by atoms with E-state index in [1.807, 2.05) is 6.92 Å². The summed E-state index contributed by atoms with van der Waals surface area (Å²) in [6.07, 6.45) is 0. The zero-order valence-electron chi connectivity index (χ0n) is 8.71. The third kappa shape index (κ3) is 3.61. The van der Waals surface area contributed by atoms with Gasteiger partial charge in [-0.05, 0) is 6.92 Å². The molecule has 1 rings (SSSR count). The first-order valence-electron chi connectivity index (χ1n) is 4.84. The minimum atomic E-state index is -0.166. The molecule has 1 aliphatic heterocycles. The van der Waals surface area contributed by atoms with Crippen molar-refractivity contribution in [3.05, 3.63) is 0 Å². The van der Waals surface area contributed by atoms with Gasteiger partial charge in [0.05, 0.1) is 31.9 Å². The Labute approximate surface area is 84.1 Å². The molecule has 0 aromatic carbocycles. The quantitative estimate of drug-likeness (QED) is 0.549. The first-order chi connectivity index (χ1) is 6.74. The molecule has 5 heteroatoms. The lowest BCUT2D eigenvalue weighted by atomic mass is 10.2. The maximum atomic E-state index is 11.4. The van der Waals surface area contributed by atoms with Gasteiger partial charge < -0.3 is 14.8 Å². The molecule has 1 aliphatic rings. The molecule has 0 bridgehead atoms. The average molecular weight is 202 g/mol. The van der Waals surface area contributed by atoms with E-state index in [0.717, 1.165) is 0 Å².